The number of furan rings is 3. The zero-order valence-corrected chi connectivity index (χ0v) is 30.0. The summed E-state index contributed by atoms with van der Waals surface area (Å²) in [7, 11) is 0. The average molecular weight is 725 g/mol. The Labute approximate surface area is 317 Å². The van der Waals surface area contributed by atoms with Gasteiger partial charge < -0.3 is 18.2 Å². The predicted molar refractivity (Wildman–Crippen MR) is 227 cm³/mol. The molecule has 0 fully saturated rings. The quantitative estimate of drug-likeness (QED) is 0.177. The standard InChI is InChI=1S/C49H28N2O3S/c1-2-8-30(9-3-1)49-50-48-46(55-49)25-24-43-47(48)39-26-31(16-23-42(39)52-43)29-14-17-32(18-15-29)51(33-19-21-37-35-10-4-6-12-40(35)53-44(37)27-33)34-20-22-38-36-11-5-7-13-41(36)54-45(38)28-34/h1-28H. The van der Waals surface area contributed by atoms with Crippen LogP contribution in [0.1, 0.15) is 0 Å². The number of hydrogen-bond donors (Lipinski definition) is 0. The molecule has 0 saturated carbocycles. The molecule has 0 aliphatic heterocycles. The zero-order valence-electron chi connectivity index (χ0n) is 29.2. The van der Waals surface area contributed by atoms with Gasteiger partial charge in [-0.15, -0.1) is 11.3 Å². The van der Waals surface area contributed by atoms with Crippen LogP contribution in [-0.4, -0.2) is 4.98 Å². The SMILES string of the molecule is c1ccc(-c2nc3c(ccc4oc5ccc(-c6ccc(N(c7ccc8c(c7)oc7ccccc78)c7ccc8c(c7)oc7ccccc78)cc6)cc5c43)s2)cc1. The van der Waals surface area contributed by atoms with Crippen molar-refractivity contribution in [2.24, 2.45) is 0 Å². The lowest BCUT2D eigenvalue weighted by Crippen LogP contribution is -2.09. The van der Waals surface area contributed by atoms with Crippen LogP contribution in [0.4, 0.5) is 17.1 Å². The van der Waals surface area contributed by atoms with Gasteiger partial charge in [-0.1, -0.05) is 84.9 Å². The highest BCUT2D eigenvalue weighted by molar-refractivity contribution is 7.21. The van der Waals surface area contributed by atoms with Gasteiger partial charge in [0.2, 0.25) is 0 Å². The number of anilines is 3. The molecule has 0 N–H and O–H groups in total. The van der Waals surface area contributed by atoms with Crippen molar-refractivity contribution in [3.63, 3.8) is 0 Å². The Bertz CT molecular complexity index is 3330. The van der Waals surface area contributed by atoms with Crippen molar-refractivity contribution in [1.82, 2.24) is 4.98 Å². The first kappa shape index (κ1) is 30.3. The number of aromatic nitrogens is 1. The Morgan fingerprint density at radius 3 is 1.62 bits per heavy atom. The molecule has 12 rings (SSSR count). The number of thiazole rings is 1. The van der Waals surface area contributed by atoms with Crippen molar-refractivity contribution in [3.8, 4) is 21.7 Å². The van der Waals surface area contributed by atoms with Crippen LogP contribution in [0.5, 0.6) is 0 Å². The summed E-state index contributed by atoms with van der Waals surface area (Å²) in [5, 5.41) is 7.53. The Morgan fingerprint density at radius 2 is 0.927 bits per heavy atom. The van der Waals surface area contributed by atoms with Crippen LogP contribution in [0.15, 0.2) is 183 Å². The van der Waals surface area contributed by atoms with Crippen molar-refractivity contribution in [2.75, 3.05) is 4.90 Å². The summed E-state index contributed by atoms with van der Waals surface area (Å²) >= 11 is 1.71. The molecule has 0 saturated heterocycles. The number of benzene rings is 8. The second-order valence-electron chi connectivity index (χ2n) is 13.9. The molecule has 55 heavy (non-hydrogen) atoms. The Balaban J connectivity index is 0.979. The van der Waals surface area contributed by atoms with Crippen LogP contribution in [0, 0.1) is 0 Å². The molecule has 6 heteroatoms. The lowest BCUT2D eigenvalue weighted by atomic mass is 10.0. The fourth-order valence-corrected chi connectivity index (χ4v) is 9.07. The number of rotatable bonds is 5. The van der Waals surface area contributed by atoms with Crippen LogP contribution < -0.4 is 4.90 Å². The summed E-state index contributed by atoms with van der Waals surface area (Å²) in [6.07, 6.45) is 0. The molecule has 4 aromatic heterocycles. The average Bonchev–Trinajstić information content (AvgIpc) is 4.02. The van der Waals surface area contributed by atoms with Gasteiger partial charge in [0.05, 0.1) is 15.6 Å². The van der Waals surface area contributed by atoms with E-state index in [1.807, 2.05) is 30.3 Å². The molecular weight excluding hydrogens is 697 g/mol. The molecule has 5 nitrogen and oxygen atoms in total. The summed E-state index contributed by atoms with van der Waals surface area (Å²) in [5.74, 6) is 0. The van der Waals surface area contributed by atoms with Crippen LogP contribution in [0.3, 0.4) is 0 Å². The molecule has 4 heterocycles. The highest BCUT2D eigenvalue weighted by Crippen LogP contribution is 2.43. The molecule has 0 aliphatic carbocycles. The van der Waals surface area contributed by atoms with Gasteiger partial charge in [0.1, 0.15) is 38.5 Å². The molecule has 0 amide bonds. The van der Waals surface area contributed by atoms with Gasteiger partial charge in [-0.25, -0.2) is 4.98 Å². The third-order valence-electron chi connectivity index (χ3n) is 10.7. The summed E-state index contributed by atoms with van der Waals surface area (Å²) < 4.78 is 20.2. The van der Waals surface area contributed by atoms with Crippen molar-refractivity contribution >= 4 is 104 Å². The first-order valence-electron chi connectivity index (χ1n) is 18.3. The highest BCUT2D eigenvalue weighted by atomic mass is 32.1. The lowest BCUT2D eigenvalue weighted by molar-refractivity contribution is 0.668. The minimum Gasteiger partial charge on any atom is -0.456 e. The second-order valence-corrected chi connectivity index (χ2v) is 15.0. The van der Waals surface area contributed by atoms with Gasteiger partial charge in [-0.05, 0) is 83.9 Å². The maximum atomic E-state index is 6.36. The maximum absolute atomic E-state index is 6.36. The number of hydrogen-bond acceptors (Lipinski definition) is 6. The van der Waals surface area contributed by atoms with Gasteiger partial charge in [-0.2, -0.15) is 0 Å². The van der Waals surface area contributed by atoms with E-state index in [2.05, 4.69) is 144 Å². The summed E-state index contributed by atoms with van der Waals surface area (Å²) in [4.78, 5) is 7.39. The van der Waals surface area contributed by atoms with Gasteiger partial charge in [0, 0.05) is 61.7 Å². The molecule has 0 unspecified atom stereocenters. The van der Waals surface area contributed by atoms with Gasteiger partial charge in [0.25, 0.3) is 0 Å². The van der Waals surface area contributed by atoms with E-state index in [-0.39, 0.29) is 0 Å². The fraction of sp³-hybridized carbons (Fsp3) is 0. The molecular formula is C49H28N2O3S. The van der Waals surface area contributed by atoms with E-state index in [0.29, 0.717) is 0 Å². The minimum absolute atomic E-state index is 0.843. The molecule has 8 aromatic carbocycles. The fourth-order valence-electron chi connectivity index (χ4n) is 8.09. The van der Waals surface area contributed by atoms with E-state index in [1.54, 1.807) is 11.3 Å². The Morgan fingerprint density at radius 1 is 0.382 bits per heavy atom. The molecule has 0 radical (unpaired) electrons. The Hall–Kier alpha value is -7.15. The molecule has 0 atom stereocenters. The smallest absolute Gasteiger partial charge is 0.137 e. The van der Waals surface area contributed by atoms with E-state index in [9.17, 15) is 0 Å². The van der Waals surface area contributed by atoms with Crippen molar-refractivity contribution in [1.29, 1.82) is 0 Å². The molecule has 0 bridgehead atoms. The lowest BCUT2D eigenvalue weighted by Gasteiger charge is -2.25. The van der Waals surface area contributed by atoms with E-state index in [0.717, 1.165) is 115 Å². The van der Waals surface area contributed by atoms with E-state index < -0.39 is 0 Å². The Kier molecular flexibility index (Phi) is 6.44. The van der Waals surface area contributed by atoms with Crippen LogP contribution in [-0.2, 0) is 0 Å². The predicted octanol–water partition coefficient (Wildman–Crippen LogP) is 14.8. The maximum Gasteiger partial charge on any atom is 0.137 e. The van der Waals surface area contributed by atoms with Gasteiger partial charge >= 0.3 is 0 Å². The van der Waals surface area contributed by atoms with Crippen LogP contribution in [0.25, 0.3) is 97.7 Å². The summed E-state index contributed by atoms with van der Waals surface area (Å²) in [6.45, 7) is 0. The third-order valence-corrected chi connectivity index (χ3v) is 11.8. The summed E-state index contributed by atoms with van der Waals surface area (Å²) in [5.41, 5.74) is 12.4. The van der Waals surface area contributed by atoms with Gasteiger partial charge in [0.15, 0.2) is 0 Å². The van der Waals surface area contributed by atoms with Crippen molar-refractivity contribution in [2.45, 2.75) is 0 Å². The molecule has 12 aromatic rings. The first-order valence-corrected chi connectivity index (χ1v) is 19.1. The zero-order chi connectivity index (χ0) is 36.0. The minimum atomic E-state index is 0.843. The monoisotopic (exact) mass is 724 g/mol. The third kappa shape index (κ3) is 4.75. The van der Waals surface area contributed by atoms with Crippen molar-refractivity contribution in [3.05, 3.63) is 170 Å². The number of para-hydroxylation sites is 2. The van der Waals surface area contributed by atoms with Crippen LogP contribution >= 0.6 is 11.3 Å². The normalized spacial score (nSPS) is 12.0. The summed E-state index contributed by atoms with van der Waals surface area (Å²) in [6, 6.07) is 59.0. The largest absolute Gasteiger partial charge is 0.456 e. The van der Waals surface area contributed by atoms with E-state index >= 15 is 0 Å². The molecule has 0 aliphatic rings. The van der Waals surface area contributed by atoms with E-state index in [1.165, 1.54) is 0 Å². The number of nitrogens with zero attached hydrogens (tertiary/aromatic N) is 2. The topological polar surface area (TPSA) is 55.6 Å². The highest BCUT2D eigenvalue weighted by Gasteiger charge is 2.19. The molecule has 0 spiro atoms. The van der Waals surface area contributed by atoms with Crippen LogP contribution in [0.2, 0.25) is 0 Å². The van der Waals surface area contributed by atoms with Gasteiger partial charge in [-0.3, -0.25) is 0 Å². The van der Waals surface area contributed by atoms with E-state index in [4.69, 9.17) is 18.2 Å². The number of fused-ring (bicyclic) bond motifs is 11. The second kappa shape index (κ2) is 11.7. The molecule has 258 valence electrons. The first-order chi connectivity index (χ1) is 27.2. The van der Waals surface area contributed by atoms with Crippen molar-refractivity contribution < 1.29 is 13.3 Å².